The highest BCUT2D eigenvalue weighted by Crippen LogP contribution is 2.09. The van der Waals surface area contributed by atoms with Gasteiger partial charge in [0, 0.05) is 19.3 Å². The molecule has 0 saturated carbocycles. The third kappa shape index (κ3) is 6.74. The van der Waals surface area contributed by atoms with Crippen molar-refractivity contribution in [2.24, 2.45) is 0 Å². The fourth-order valence-corrected chi connectivity index (χ4v) is 2.19. The van der Waals surface area contributed by atoms with Crippen molar-refractivity contribution in [3.63, 3.8) is 0 Å². The molecule has 2 heteroatoms. The molecule has 0 spiro atoms. The van der Waals surface area contributed by atoms with Crippen LogP contribution in [0.1, 0.15) is 44.7 Å². The van der Waals surface area contributed by atoms with Crippen LogP contribution in [0.3, 0.4) is 0 Å². The lowest BCUT2D eigenvalue weighted by molar-refractivity contribution is 0.136. The molecular weight excluding hydrogens is 234 g/mol. The van der Waals surface area contributed by atoms with Crippen LogP contribution < -0.4 is 5.32 Å². The molecule has 0 bridgehead atoms. The second kappa shape index (κ2) is 9.99. The molecule has 0 aliphatic heterocycles. The van der Waals surface area contributed by atoms with E-state index in [2.05, 4.69) is 50.4 Å². The first-order chi connectivity index (χ1) is 9.30. The number of benzene rings is 1. The summed E-state index contributed by atoms with van der Waals surface area (Å²) in [6.07, 6.45) is 4.47. The first-order valence-electron chi connectivity index (χ1n) is 7.69. The van der Waals surface area contributed by atoms with Crippen molar-refractivity contribution in [3.8, 4) is 0 Å². The highest BCUT2D eigenvalue weighted by Gasteiger charge is 2.08. The standard InChI is InChI=1S/C17H29NO/c1-4-12-18-17(11-13-19-6-3)14-16-9-7-15(5-2)8-10-16/h7-10,17-18H,4-6,11-14H2,1-3H3. The van der Waals surface area contributed by atoms with E-state index in [4.69, 9.17) is 4.74 Å². The predicted octanol–water partition coefficient (Wildman–Crippen LogP) is 3.59. The zero-order valence-electron chi connectivity index (χ0n) is 12.7. The molecule has 0 fully saturated rings. The molecule has 1 rings (SSSR count). The number of hydrogen-bond acceptors (Lipinski definition) is 2. The summed E-state index contributed by atoms with van der Waals surface area (Å²) in [6, 6.07) is 9.54. The minimum Gasteiger partial charge on any atom is -0.382 e. The number of aryl methyl sites for hydroxylation is 1. The normalized spacial score (nSPS) is 12.6. The molecule has 1 atom stereocenters. The van der Waals surface area contributed by atoms with Gasteiger partial charge in [0.15, 0.2) is 0 Å². The average Bonchev–Trinajstić information content (AvgIpc) is 2.45. The first-order valence-corrected chi connectivity index (χ1v) is 7.69. The van der Waals surface area contributed by atoms with Gasteiger partial charge in [0.25, 0.3) is 0 Å². The zero-order valence-corrected chi connectivity index (χ0v) is 12.7. The zero-order chi connectivity index (χ0) is 13.9. The maximum Gasteiger partial charge on any atom is 0.0480 e. The van der Waals surface area contributed by atoms with Gasteiger partial charge in [-0.1, -0.05) is 38.1 Å². The Hall–Kier alpha value is -0.860. The van der Waals surface area contributed by atoms with Crippen molar-refractivity contribution in [1.82, 2.24) is 5.32 Å². The van der Waals surface area contributed by atoms with Gasteiger partial charge in [0.05, 0.1) is 0 Å². The van der Waals surface area contributed by atoms with Crippen LogP contribution in [0.4, 0.5) is 0 Å². The second-order valence-electron chi connectivity index (χ2n) is 5.01. The van der Waals surface area contributed by atoms with Crippen molar-refractivity contribution < 1.29 is 4.74 Å². The van der Waals surface area contributed by atoms with Crippen LogP contribution in [0.5, 0.6) is 0 Å². The van der Waals surface area contributed by atoms with Crippen LogP contribution in [0.15, 0.2) is 24.3 Å². The Morgan fingerprint density at radius 3 is 2.32 bits per heavy atom. The van der Waals surface area contributed by atoms with Crippen LogP contribution in [-0.2, 0) is 17.6 Å². The number of nitrogens with one attached hydrogen (secondary N) is 1. The molecule has 19 heavy (non-hydrogen) atoms. The fraction of sp³-hybridized carbons (Fsp3) is 0.647. The maximum atomic E-state index is 5.48. The molecule has 1 N–H and O–H groups in total. The molecule has 0 aliphatic rings. The monoisotopic (exact) mass is 263 g/mol. The predicted molar refractivity (Wildman–Crippen MR) is 82.7 cm³/mol. The molecule has 0 heterocycles. The number of hydrogen-bond donors (Lipinski definition) is 1. The molecule has 0 aliphatic carbocycles. The van der Waals surface area contributed by atoms with E-state index in [9.17, 15) is 0 Å². The molecule has 1 aromatic rings. The van der Waals surface area contributed by atoms with Crippen LogP contribution in [0.2, 0.25) is 0 Å². The van der Waals surface area contributed by atoms with E-state index >= 15 is 0 Å². The van der Waals surface area contributed by atoms with E-state index in [0.717, 1.165) is 39.0 Å². The van der Waals surface area contributed by atoms with E-state index in [1.807, 2.05) is 0 Å². The van der Waals surface area contributed by atoms with Gasteiger partial charge in [-0.2, -0.15) is 0 Å². The average molecular weight is 263 g/mol. The molecule has 0 aromatic heterocycles. The molecule has 0 radical (unpaired) electrons. The van der Waals surface area contributed by atoms with E-state index in [1.54, 1.807) is 0 Å². The minimum atomic E-state index is 0.527. The Labute approximate surface area is 118 Å². The van der Waals surface area contributed by atoms with E-state index in [0.29, 0.717) is 6.04 Å². The lowest BCUT2D eigenvalue weighted by Gasteiger charge is -2.18. The molecule has 108 valence electrons. The van der Waals surface area contributed by atoms with E-state index < -0.39 is 0 Å². The van der Waals surface area contributed by atoms with Gasteiger partial charge in [0.1, 0.15) is 0 Å². The van der Waals surface area contributed by atoms with Crippen molar-refractivity contribution >= 4 is 0 Å². The Bertz CT molecular complexity index is 321. The number of ether oxygens (including phenoxy) is 1. The van der Waals surface area contributed by atoms with Crippen molar-refractivity contribution in [2.45, 2.75) is 52.5 Å². The second-order valence-corrected chi connectivity index (χ2v) is 5.01. The summed E-state index contributed by atoms with van der Waals surface area (Å²) in [7, 11) is 0. The van der Waals surface area contributed by atoms with Gasteiger partial charge in [-0.25, -0.2) is 0 Å². The van der Waals surface area contributed by atoms with Crippen LogP contribution in [0.25, 0.3) is 0 Å². The van der Waals surface area contributed by atoms with Gasteiger partial charge in [-0.15, -0.1) is 0 Å². The molecule has 2 nitrogen and oxygen atoms in total. The lowest BCUT2D eigenvalue weighted by atomic mass is 10.0. The summed E-state index contributed by atoms with van der Waals surface area (Å²) in [4.78, 5) is 0. The Morgan fingerprint density at radius 1 is 1.05 bits per heavy atom. The van der Waals surface area contributed by atoms with Gasteiger partial charge in [-0.05, 0) is 50.3 Å². The summed E-state index contributed by atoms with van der Waals surface area (Å²) >= 11 is 0. The smallest absolute Gasteiger partial charge is 0.0480 e. The highest BCUT2D eigenvalue weighted by molar-refractivity contribution is 5.23. The molecule has 0 saturated heterocycles. The summed E-state index contributed by atoms with van der Waals surface area (Å²) in [5.74, 6) is 0. The van der Waals surface area contributed by atoms with Gasteiger partial charge in [0.2, 0.25) is 0 Å². The summed E-state index contributed by atoms with van der Waals surface area (Å²) in [5.41, 5.74) is 2.83. The first kappa shape index (κ1) is 16.2. The third-order valence-electron chi connectivity index (χ3n) is 3.41. The highest BCUT2D eigenvalue weighted by atomic mass is 16.5. The Kier molecular flexibility index (Phi) is 8.52. The molecule has 1 aromatic carbocycles. The van der Waals surface area contributed by atoms with Crippen molar-refractivity contribution in [1.29, 1.82) is 0 Å². The van der Waals surface area contributed by atoms with E-state index in [1.165, 1.54) is 17.5 Å². The summed E-state index contributed by atoms with van der Waals surface area (Å²) in [5, 5.41) is 3.63. The summed E-state index contributed by atoms with van der Waals surface area (Å²) in [6.45, 7) is 9.21. The van der Waals surface area contributed by atoms with E-state index in [-0.39, 0.29) is 0 Å². The fourth-order valence-electron chi connectivity index (χ4n) is 2.19. The van der Waals surface area contributed by atoms with Gasteiger partial charge in [-0.3, -0.25) is 0 Å². The van der Waals surface area contributed by atoms with Crippen LogP contribution >= 0.6 is 0 Å². The van der Waals surface area contributed by atoms with Crippen LogP contribution in [0, 0.1) is 0 Å². The van der Waals surface area contributed by atoms with Crippen molar-refractivity contribution in [3.05, 3.63) is 35.4 Å². The quantitative estimate of drug-likeness (QED) is 0.651. The Morgan fingerprint density at radius 2 is 1.74 bits per heavy atom. The Balaban J connectivity index is 2.48. The third-order valence-corrected chi connectivity index (χ3v) is 3.41. The van der Waals surface area contributed by atoms with Gasteiger partial charge >= 0.3 is 0 Å². The number of rotatable bonds is 10. The van der Waals surface area contributed by atoms with Gasteiger partial charge < -0.3 is 10.1 Å². The summed E-state index contributed by atoms with van der Waals surface area (Å²) < 4.78 is 5.48. The minimum absolute atomic E-state index is 0.527. The molecule has 0 amide bonds. The molecule has 1 unspecified atom stereocenters. The SMILES string of the molecule is CCCNC(CCOCC)Cc1ccc(CC)cc1. The topological polar surface area (TPSA) is 21.3 Å². The lowest BCUT2D eigenvalue weighted by Crippen LogP contribution is -2.33. The maximum absolute atomic E-state index is 5.48. The molecular formula is C17H29NO. The van der Waals surface area contributed by atoms with Crippen LogP contribution in [-0.4, -0.2) is 25.8 Å². The largest absolute Gasteiger partial charge is 0.382 e. The van der Waals surface area contributed by atoms with Crippen molar-refractivity contribution in [2.75, 3.05) is 19.8 Å².